The molecule has 3 rings (SSSR count). The molecule has 140 valence electrons. The maximum absolute atomic E-state index is 12.5. The van der Waals surface area contributed by atoms with Gasteiger partial charge in [-0.15, -0.1) is 0 Å². The molecule has 2 aromatic heterocycles. The van der Waals surface area contributed by atoms with Crippen molar-refractivity contribution in [3.63, 3.8) is 0 Å². The van der Waals surface area contributed by atoms with Crippen molar-refractivity contribution in [2.24, 2.45) is 0 Å². The number of nitrogens with one attached hydrogen (secondary N) is 1. The highest BCUT2D eigenvalue weighted by Gasteiger charge is 2.13. The Morgan fingerprint density at radius 2 is 1.74 bits per heavy atom. The number of nitrogens with zero attached hydrogens (tertiary/aromatic N) is 5. The highest BCUT2D eigenvalue weighted by atomic mass is 16.5. The number of benzene rings is 1. The lowest BCUT2D eigenvalue weighted by Gasteiger charge is -2.11. The second-order valence-corrected chi connectivity index (χ2v) is 5.85. The third-order valence-corrected chi connectivity index (χ3v) is 3.79. The average Bonchev–Trinajstić information content (AvgIpc) is 3.18. The van der Waals surface area contributed by atoms with Gasteiger partial charge in [0.15, 0.2) is 0 Å². The van der Waals surface area contributed by atoms with E-state index < -0.39 is 0 Å². The van der Waals surface area contributed by atoms with Crippen LogP contribution in [-0.4, -0.2) is 53.7 Å². The minimum absolute atomic E-state index is 0.252. The number of ether oxygens (including phenoxy) is 2. The summed E-state index contributed by atoms with van der Waals surface area (Å²) in [7, 11) is 6.88. The maximum Gasteiger partial charge on any atom is 0.275 e. The minimum atomic E-state index is -0.356. The van der Waals surface area contributed by atoms with Crippen molar-refractivity contribution in [2.75, 3.05) is 38.5 Å². The molecule has 1 aromatic carbocycles. The lowest BCUT2D eigenvalue weighted by atomic mass is 10.2. The number of hydrogen-bond acceptors (Lipinski definition) is 7. The standard InChI is InChI=1S/C18H20N6O3/c1-23(2)16-8-17(20-10-19-16)24-9-15(21-11-24)18(25)22-12-5-13(26-3)7-14(6-12)27-4/h5-11H,1-4H3,(H,22,25). The van der Waals surface area contributed by atoms with Crippen LogP contribution in [-0.2, 0) is 0 Å². The molecule has 0 atom stereocenters. The van der Waals surface area contributed by atoms with Crippen molar-refractivity contribution in [1.82, 2.24) is 19.5 Å². The van der Waals surface area contributed by atoms with Crippen LogP contribution in [0, 0.1) is 0 Å². The normalized spacial score (nSPS) is 10.4. The summed E-state index contributed by atoms with van der Waals surface area (Å²) in [5, 5.41) is 2.79. The van der Waals surface area contributed by atoms with Crippen molar-refractivity contribution in [3.8, 4) is 17.3 Å². The highest BCUT2D eigenvalue weighted by Crippen LogP contribution is 2.26. The van der Waals surface area contributed by atoms with Gasteiger partial charge in [-0.05, 0) is 0 Å². The fraction of sp³-hybridized carbons (Fsp3) is 0.222. The summed E-state index contributed by atoms with van der Waals surface area (Å²) < 4.78 is 12.1. The van der Waals surface area contributed by atoms with E-state index in [-0.39, 0.29) is 11.6 Å². The number of aromatic nitrogens is 4. The molecule has 0 bridgehead atoms. The van der Waals surface area contributed by atoms with E-state index in [9.17, 15) is 4.79 Å². The van der Waals surface area contributed by atoms with E-state index in [0.717, 1.165) is 5.82 Å². The molecule has 1 amide bonds. The number of amides is 1. The van der Waals surface area contributed by atoms with Gasteiger partial charge in [-0.1, -0.05) is 0 Å². The number of imidazole rings is 1. The third kappa shape index (κ3) is 4.14. The van der Waals surface area contributed by atoms with Gasteiger partial charge in [0.05, 0.1) is 14.2 Å². The fourth-order valence-electron chi connectivity index (χ4n) is 2.36. The quantitative estimate of drug-likeness (QED) is 0.711. The SMILES string of the molecule is COc1cc(NC(=O)c2cn(-c3cc(N(C)C)ncn3)cn2)cc(OC)c1. The van der Waals surface area contributed by atoms with Gasteiger partial charge in [-0.3, -0.25) is 9.36 Å². The number of methoxy groups -OCH3 is 2. The van der Waals surface area contributed by atoms with Crippen LogP contribution < -0.4 is 19.7 Å². The number of rotatable bonds is 6. The first-order valence-electron chi connectivity index (χ1n) is 8.08. The zero-order valence-corrected chi connectivity index (χ0v) is 15.5. The number of carbonyl (C=O) groups excluding carboxylic acids is 1. The Hall–Kier alpha value is -3.62. The molecule has 9 nitrogen and oxygen atoms in total. The van der Waals surface area contributed by atoms with Crippen LogP contribution in [0.3, 0.4) is 0 Å². The molecule has 0 aliphatic heterocycles. The first-order valence-corrected chi connectivity index (χ1v) is 8.08. The van der Waals surface area contributed by atoms with E-state index >= 15 is 0 Å². The van der Waals surface area contributed by atoms with Gasteiger partial charge in [-0.25, -0.2) is 15.0 Å². The predicted molar refractivity (Wildman–Crippen MR) is 101 cm³/mol. The van der Waals surface area contributed by atoms with Crippen LogP contribution in [0.15, 0.2) is 43.1 Å². The van der Waals surface area contributed by atoms with Crippen LogP contribution in [0.2, 0.25) is 0 Å². The van der Waals surface area contributed by atoms with Crippen molar-refractivity contribution in [1.29, 1.82) is 0 Å². The molecule has 0 fully saturated rings. The Morgan fingerprint density at radius 3 is 2.37 bits per heavy atom. The Bertz CT molecular complexity index is 932. The van der Waals surface area contributed by atoms with Crippen molar-refractivity contribution in [3.05, 3.63) is 48.8 Å². The predicted octanol–water partition coefficient (Wildman–Crippen LogP) is 2.00. The van der Waals surface area contributed by atoms with Crippen molar-refractivity contribution in [2.45, 2.75) is 0 Å². The molecule has 2 heterocycles. The largest absolute Gasteiger partial charge is 0.497 e. The molecular formula is C18H20N6O3. The van der Waals surface area contributed by atoms with Gasteiger partial charge < -0.3 is 19.7 Å². The maximum atomic E-state index is 12.5. The summed E-state index contributed by atoms with van der Waals surface area (Å²) in [6, 6.07) is 6.93. The smallest absolute Gasteiger partial charge is 0.275 e. The number of anilines is 2. The van der Waals surface area contributed by atoms with Crippen LogP contribution in [0.1, 0.15) is 10.5 Å². The van der Waals surface area contributed by atoms with Gasteiger partial charge >= 0.3 is 0 Å². The molecular weight excluding hydrogens is 348 g/mol. The second-order valence-electron chi connectivity index (χ2n) is 5.85. The Morgan fingerprint density at radius 1 is 1.04 bits per heavy atom. The Balaban J connectivity index is 1.80. The molecule has 0 radical (unpaired) electrons. The van der Waals surface area contributed by atoms with E-state index in [4.69, 9.17) is 9.47 Å². The van der Waals surface area contributed by atoms with Gasteiger partial charge in [-0.2, -0.15) is 0 Å². The minimum Gasteiger partial charge on any atom is -0.497 e. The molecule has 3 aromatic rings. The molecule has 0 aliphatic carbocycles. The van der Waals surface area contributed by atoms with Crippen LogP contribution in [0.5, 0.6) is 11.5 Å². The fourth-order valence-corrected chi connectivity index (χ4v) is 2.36. The van der Waals surface area contributed by atoms with E-state index in [2.05, 4.69) is 20.3 Å². The molecule has 1 N–H and O–H groups in total. The summed E-state index contributed by atoms with van der Waals surface area (Å²) in [6.45, 7) is 0. The molecule has 27 heavy (non-hydrogen) atoms. The molecule has 0 unspecified atom stereocenters. The summed E-state index contributed by atoms with van der Waals surface area (Å²) >= 11 is 0. The van der Waals surface area contributed by atoms with Gasteiger partial charge in [0, 0.05) is 50.2 Å². The van der Waals surface area contributed by atoms with Gasteiger partial charge in [0.25, 0.3) is 5.91 Å². The molecule has 0 saturated heterocycles. The van der Waals surface area contributed by atoms with Gasteiger partial charge in [0.2, 0.25) is 0 Å². The third-order valence-electron chi connectivity index (χ3n) is 3.79. The first-order chi connectivity index (χ1) is 13.0. The van der Waals surface area contributed by atoms with Gasteiger partial charge in [0.1, 0.15) is 41.5 Å². The van der Waals surface area contributed by atoms with Crippen LogP contribution in [0.25, 0.3) is 5.82 Å². The van der Waals surface area contributed by atoms with Crippen LogP contribution in [0.4, 0.5) is 11.5 Å². The van der Waals surface area contributed by atoms with E-state index in [1.54, 1.807) is 49.2 Å². The zero-order chi connectivity index (χ0) is 19.4. The number of carbonyl (C=O) groups is 1. The second kappa shape index (κ2) is 7.73. The summed E-state index contributed by atoms with van der Waals surface area (Å²) in [5.74, 6) is 2.16. The summed E-state index contributed by atoms with van der Waals surface area (Å²) in [6.07, 6.45) is 4.60. The Kier molecular flexibility index (Phi) is 5.20. The number of hydrogen-bond donors (Lipinski definition) is 1. The van der Waals surface area contributed by atoms with E-state index in [1.165, 1.54) is 12.7 Å². The lowest BCUT2D eigenvalue weighted by molar-refractivity contribution is 0.102. The molecule has 0 saturated carbocycles. The molecule has 0 aliphatic rings. The summed E-state index contributed by atoms with van der Waals surface area (Å²) in [5.41, 5.74) is 0.796. The monoisotopic (exact) mass is 368 g/mol. The lowest BCUT2D eigenvalue weighted by Crippen LogP contribution is -2.13. The summed E-state index contributed by atoms with van der Waals surface area (Å²) in [4.78, 5) is 26.9. The van der Waals surface area contributed by atoms with Crippen molar-refractivity contribution >= 4 is 17.4 Å². The zero-order valence-electron chi connectivity index (χ0n) is 15.5. The Labute approximate surface area is 156 Å². The molecule has 9 heteroatoms. The molecule has 0 spiro atoms. The van der Waals surface area contributed by atoms with E-state index in [0.29, 0.717) is 23.0 Å². The van der Waals surface area contributed by atoms with Crippen LogP contribution >= 0.6 is 0 Å². The highest BCUT2D eigenvalue weighted by molar-refractivity contribution is 6.03. The first kappa shape index (κ1) is 18.2. The van der Waals surface area contributed by atoms with Crippen molar-refractivity contribution < 1.29 is 14.3 Å². The topological polar surface area (TPSA) is 94.4 Å². The average molecular weight is 368 g/mol. The van der Waals surface area contributed by atoms with E-state index in [1.807, 2.05) is 19.0 Å².